The van der Waals surface area contributed by atoms with Gasteiger partial charge >= 0.3 is 5.97 Å². The molecule has 0 aromatic heterocycles. The highest BCUT2D eigenvalue weighted by atomic mass is 16.5. The lowest BCUT2D eigenvalue weighted by Gasteiger charge is -2.63. The molecule has 1 N–H and O–H groups in total. The summed E-state index contributed by atoms with van der Waals surface area (Å²) in [5, 5.41) is 11.2. The highest BCUT2D eigenvalue weighted by Gasteiger charge is 2.74. The fraction of sp³-hybridized carbons (Fsp3) is 0.682. The van der Waals surface area contributed by atoms with Gasteiger partial charge in [0.25, 0.3) is 0 Å². The van der Waals surface area contributed by atoms with Gasteiger partial charge in [-0.2, -0.15) is 0 Å². The summed E-state index contributed by atoms with van der Waals surface area (Å²) in [5.41, 5.74) is -1.75. The minimum absolute atomic E-state index is 0.0545. The first-order valence-corrected chi connectivity index (χ1v) is 9.81. The van der Waals surface area contributed by atoms with Crippen molar-refractivity contribution >= 4 is 17.5 Å². The van der Waals surface area contributed by atoms with E-state index in [1.54, 1.807) is 6.08 Å². The van der Waals surface area contributed by atoms with Crippen LogP contribution in [0.2, 0.25) is 0 Å². The van der Waals surface area contributed by atoms with Crippen molar-refractivity contribution < 1.29 is 24.2 Å². The van der Waals surface area contributed by atoms with E-state index in [2.05, 4.69) is 13.5 Å². The zero-order chi connectivity index (χ0) is 19.9. The first-order chi connectivity index (χ1) is 12.5. The van der Waals surface area contributed by atoms with Gasteiger partial charge in [0.05, 0.1) is 6.10 Å². The largest absolute Gasteiger partial charge is 0.461 e. The molecule has 5 nitrogen and oxygen atoms in total. The number of aliphatic hydroxyl groups is 1. The molecule has 27 heavy (non-hydrogen) atoms. The second-order valence-electron chi connectivity index (χ2n) is 9.64. The summed E-state index contributed by atoms with van der Waals surface area (Å²) >= 11 is 0. The maximum Gasteiger partial charge on any atom is 0.302 e. The number of fused-ring (bicyclic) bond motifs is 3. The Morgan fingerprint density at radius 3 is 2.52 bits per heavy atom. The van der Waals surface area contributed by atoms with Crippen LogP contribution in [0.1, 0.15) is 47.0 Å². The van der Waals surface area contributed by atoms with Gasteiger partial charge in [0.1, 0.15) is 11.5 Å². The summed E-state index contributed by atoms with van der Waals surface area (Å²) in [4.78, 5) is 38.0. The number of hydrogen-bond acceptors (Lipinski definition) is 5. The van der Waals surface area contributed by atoms with Crippen molar-refractivity contribution in [2.24, 2.45) is 34.0 Å². The Balaban J connectivity index is 1.94. The van der Waals surface area contributed by atoms with E-state index in [0.717, 1.165) is 6.42 Å². The Labute approximate surface area is 159 Å². The van der Waals surface area contributed by atoms with Gasteiger partial charge < -0.3 is 9.84 Å². The van der Waals surface area contributed by atoms with Crippen LogP contribution in [0, 0.1) is 34.0 Å². The van der Waals surface area contributed by atoms with E-state index in [1.807, 2.05) is 19.9 Å². The minimum Gasteiger partial charge on any atom is -0.461 e. The van der Waals surface area contributed by atoms with Crippen molar-refractivity contribution in [3.05, 3.63) is 24.3 Å². The third-order valence-electron chi connectivity index (χ3n) is 8.24. The molecule has 3 fully saturated rings. The molecule has 0 aliphatic heterocycles. The van der Waals surface area contributed by atoms with Crippen molar-refractivity contribution in [3.63, 3.8) is 0 Å². The highest BCUT2D eigenvalue weighted by Crippen LogP contribution is 2.69. The lowest BCUT2D eigenvalue weighted by Crippen LogP contribution is -2.67. The molecule has 4 rings (SSSR count). The predicted molar refractivity (Wildman–Crippen MR) is 98.5 cm³/mol. The van der Waals surface area contributed by atoms with Crippen molar-refractivity contribution in [2.75, 3.05) is 0 Å². The number of allylic oxidation sites excluding steroid dienone is 2. The molecule has 0 amide bonds. The standard InChI is InChI=1S/C22H28O5/c1-11-13-6-7-14-21(5)9-8-16(24)20(3,4)15(21)10-17(27-12(2)23)22(14,18(11)25)19(13)26/h8-9,13-15,17,19,26H,1,6-7,10H2,2-5H3/t13-,14-,15+,17+,19+,21-,22-/m0/s1. The number of hydrogen-bond donors (Lipinski definition) is 1. The number of esters is 1. The molecule has 2 bridgehead atoms. The lowest BCUT2D eigenvalue weighted by molar-refractivity contribution is -0.216. The molecule has 0 aromatic rings. The normalized spacial score (nSPS) is 47.4. The van der Waals surface area contributed by atoms with Gasteiger partial charge in [0, 0.05) is 18.3 Å². The maximum atomic E-state index is 13.4. The number of ketones is 2. The third-order valence-corrected chi connectivity index (χ3v) is 8.24. The van der Waals surface area contributed by atoms with Gasteiger partial charge in [0.2, 0.25) is 0 Å². The Morgan fingerprint density at radius 1 is 1.22 bits per heavy atom. The van der Waals surface area contributed by atoms with Gasteiger partial charge in [0.15, 0.2) is 11.6 Å². The second-order valence-corrected chi connectivity index (χ2v) is 9.64. The Hall–Kier alpha value is -1.75. The van der Waals surface area contributed by atoms with Crippen LogP contribution in [0.15, 0.2) is 24.3 Å². The molecule has 0 saturated heterocycles. The molecule has 146 valence electrons. The fourth-order valence-corrected chi connectivity index (χ4v) is 6.97. The number of carbonyl (C=O) groups is 3. The third kappa shape index (κ3) is 2.01. The van der Waals surface area contributed by atoms with Crippen LogP contribution in [-0.2, 0) is 19.1 Å². The minimum atomic E-state index is -1.16. The molecule has 0 unspecified atom stereocenters. The fourth-order valence-electron chi connectivity index (χ4n) is 6.97. The van der Waals surface area contributed by atoms with Crippen molar-refractivity contribution in [2.45, 2.75) is 59.2 Å². The summed E-state index contributed by atoms with van der Waals surface area (Å²) in [6.45, 7) is 11.3. The average molecular weight is 372 g/mol. The first-order valence-electron chi connectivity index (χ1n) is 9.81. The summed E-state index contributed by atoms with van der Waals surface area (Å²) in [7, 11) is 0. The lowest BCUT2D eigenvalue weighted by atomic mass is 9.41. The maximum absolute atomic E-state index is 13.4. The topological polar surface area (TPSA) is 80.7 Å². The van der Waals surface area contributed by atoms with Crippen LogP contribution in [-0.4, -0.2) is 34.9 Å². The first kappa shape index (κ1) is 18.6. The van der Waals surface area contributed by atoms with Gasteiger partial charge in [-0.15, -0.1) is 0 Å². The number of ether oxygens (including phenoxy) is 1. The van der Waals surface area contributed by atoms with Crippen molar-refractivity contribution in [1.82, 2.24) is 0 Å². The van der Waals surface area contributed by atoms with E-state index in [1.165, 1.54) is 6.92 Å². The van der Waals surface area contributed by atoms with Crippen molar-refractivity contribution in [1.29, 1.82) is 0 Å². The van der Waals surface area contributed by atoms with Gasteiger partial charge in [-0.25, -0.2) is 0 Å². The van der Waals surface area contributed by atoms with Crippen LogP contribution in [0.5, 0.6) is 0 Å². The molecule has 5 heteroatoms. The van der Waals surface area contributed by atoms with Crippen LogP contribution in [0.25, 0.3) is 0 Å². The van der Waals surface area contributed by atoms with E-state index >= 15 is 0 Å². The molecule has 7 atom stereocenters. The van der Waals surface area contributed by atoms with E-state index in [4.69, 9.17) is 4.74 Å². The SMILES string of the molecule is C=C1C(=O)[C@]23[C@H](O)[C@H]1CC[C@H]2[C@]1(C)C=CC(=O)C(C)(C)[C@H]1C[C@H]3OC(C)=O. The number of rotatable bonds is 1. The Morgan fingerprint density at radius 2 is 1.89 bits per heavy atom. The molecule has 1 spiro atoms. The molecular formula is C22H28O5. The number of aliphatic hydroxyl groups excluding tert-OH is 1. The second kappa shape index (κ2) is 5.40. The molecule has 0 aromatic carbocycles. The number of carbonyl (C=O) groups excluding carboxylic acids is 3. The monoisotopic (exact) mass is 372 g/mol. The van der Waals surface area contributed by atoms with Crippen LogP contribution in [0.3, 0.4) is 0 Å². The summed E-state index contributed by atoms with van der Waals surface area (Å²) < 4.78 is 5.70. The summed E-state index contributed by atoms with van der Waals surface area (Å²) in [6, 6.07) is 0. The summed E-state index contributed by atoms with van der Waals surface area (Å²) in [5.74, 6) is -1.11. The predicted octanol–water partition coefficient (Wildman–Crippen LogP) is 2.62. The molecule has 0 heterocycles. The zero-order valence-corrected chi connectivity index (χ0v) is 16.5. The zero-order valence-electron chi connectivity index (χ0n) is 16.5. The molecule has 0 radical (unpaired) electrons. The van der Waals surface area contributed by atoms with E-state index in [9.17, 15) is 19.5 Å². The van der Waals surface area contributed by atoms with E-state index < -0.39 is 34.4 Å². The van der Waals surface area contributed by atoms with Crippen LogP contribution < -0.4 is 0 Å². The molecule has 3 saturated carbocycles. The van der Waals surface area contributed by atoms with Crippen LogP contribution in [0.4, 0.5) is 0 Å². The molecule has 4 aliphatic carbocycles. The van der Waals surface area contributed by atoms with Gasteiger partial charge in [-0.3, -0.25) is 14.4 Å². The smallest absolute Gasteiger partial charge is 0.302 e. The van der Waals surface area contributed by atoms with E-state index in [-0.39, 0.29) is 29.3 Å². The van der Waals surface area contributed by atoms with Crippen molar-refractivity contribution in [3.8, 4) is 0 Å². The average Bonchev–Trinajstić information content (AvgIpc) is 2.69. The summed E-state index contributed by atoms with van der Waals surface area (Å²) in [6.07, 6.45) is 3.78. The molecule has 4 aliphatic rings. The Bertz CT molecular complexity index is 793. The van der Waals surface area contributed by atoms with Crippen LogP contribution >= 0.6 is 0 Å². The highest BCUT2D eigenvalue weighted by molar-refractivity contribution is 6.05. The Kier molecular flexibility index (Phi) is 3.72. The quantitative estimate of drug-likeness (QED) is 0.565. The van der Waals surface area contributed by atoms with Gasteiger partial charge in [-0.1, -0.05) is 33.4 Å². The number of Topliss-reactive ketones (excluding diaryl/α,β-unsaturated/α-hetero) is 1. The van der Waals surface area contributed by atoms with Gasteiger partial charge in [-0.05, 0) is 48.2 Å². The molecular weight excluding hydrogens is 344 g/mol. The van der Waals surface area contributed by atoms with E-state index in [0.29, 0.717) is 18.4 Å².